The molecule has 0 amide bonds. The Hall–Kier alpha value is -4.37. The van der Waals surface area contributed by atoms with Gasteiger partial charge in [0.2, 0.25) is 0 Å². The predicted octanol–water partition coefficient (Wildman–Crippen LogP) is 5.69. The van der Waals surface area contributed by atoms with E-state index < -0.39 is 88.4 Å². The van der Waals surface area contributed by atoms with Crippen molar-refractivity contribution >= 4 is 16.5 Å². The quantitative estimate of drug-likeness (QED) is 0.270. The molecule has 2 N–H and O–H groups in total. The van der Waals surface area contributed by atoms with E-state index in [0.29, 0.717) is 6.20 Å². The summed E-state index contributed by atoms with van der Waals surface area (Å²) in [6.45, 7) is 0.779. The summed E-state index contributed by atoms with van der Waals surface area (Å²) in [5.74, 6) is -2.60. The van der Waals surface area contributed by atoms with E-state index in [-0.39, 0.29) is 16.8 Å². The number of aromatic nitrogens is 4. The van der Waals surface area contributed by atoms with Crippen LogP contribution in [0.2, 0.25) is 0 Å². The van der Waals surface area contributed by atoms with Gasteiger partial charge in [0.15, 0.2) is 0 Å². The Morgan fingerprint density at radius 3 is 2.34 bits per heavy atom. The number of rotatable bonds is 7. The van der Waals surface area contributed by atoms with Crippen molar-refractivity contribution in [2.24, 2.45) is 0 Å². The maximum absolute atomic E-state index is 14.9. The number of halogens is 9. The third-order valence-corrected chi connectivity index (χ3v) is 6.03. The number of H-pyrrole nitrogens is 1. The highest BCUT2D eigenvalue weighted by molar-refractivity contribution is 5.86. The van der Waals surface area contributed by atoms with Crippen molar-refractivity contribution in [3.63, 3.8) is 0 Å². The molecule has 0 unspecified atom stereocenters. The highest BCUT2D eigenvalue weighted by atomic mass is 19.4. The van der Waals surface area contributed by atoms with Crippen molar-refractivity contribution in [1.29, 1.82) is 0 Å². The van der Waals surface area contributed by atoms with Crippen LogP contribution in [0.4, 0.5) is 45.2 Å². The maximum atomic E-state index is 14.9. The number of nitrogens with one attached hydrogen (secondary N) is 2. The Labute approximate surface area is 223 Å². The average Bonchev–Trinajstić information content (AvgIpc) is 2.84. The fourth-order valence-electron chi connectivity index (χ4n) is 4.21. The van der Waals surface area contributed by atoms with E-state index in [0.717, 1.165) is 29.1 Å². The summed E-state index contributed by atoms with van der Waals surface area (Å²) in [6, 6.07) is 2.22. The van der Waals surface area contributed by atoms with Crippen LogP contribution in [-0.4, -0.2) is 32.0 Å². The van der Waals surface area contributed by atoms with Gasteiger partial charge in [0.25, 0.3) is 11.1 Å². The second kappa shape index (κ2) is 10.9. The minimum atomic E-state index is -5.00. The molecule has 0 aliphatic carbocycles. The minimum absolute atomic E-state index is 0.0654. The molecule has 1 aromatic carbocycles. The standard InChI is InChI=1S/C25H18F9N5O2/c1-11(37-19-9-36-38-22(40)20(19)25(32,33)34)4-14(26)10-39-3-2-12-5-16(17(27)7-15(12)23(39)41)21-18(28)6-13(8-35-21)24(29,30)31/h2-3,5-9,11,14H,4,10H2,1H3,(H2,37,38,40)/t11-,14-/m0/s1. The van der Waals surface area contributed by atoms with E-state index >= 15 is 0 Å². The summed E-state index contributed by atoms with van der Waals surface area (Å²) in [4.78, 5) is 27.9. The van der Waals surface area contributed by atoms with Crippen LogP contribution in [0.1, 0.15) is 24.5 Å². The molecule has 0 spiro atoms. The number of hydrogen-bond acceptors (Lipinski definition) is 5. The van der Waals surface area contributed by atoms with Crippen molar-refractivity contribution < 1.29 is 39.5 Å². The molecule has 0 radical (unpaired) electrons. The van der Waals surface area contributed by atoms with Gasteiger partial charge in [-0.15, -0.1) is 0 Å². The zero-order valence-electron chi connectivity index (χ0n) is 20.7. The van der Waals surface area contributed by atoms with E-state index in [9.17, 15) is 49.1 Å². The highest BCUT2D eigenvalue weighted by Gasteiger charge is 2.37. The number of hydrogen-bond donors (Lipinski definition) is 2. The fourth-order valence-corrected chi connectivity index (χ4v) is 4.21. The lowest BCUT2D eigenvalue weighted by molar-refractivity contribution is -0.138. The molecule has 4 rings (SSSR count). The third kappa shape index (κ3) is 6.36. The van der Waals surface area contributed by atoms with Crippen LogP contribution in [0.25, 0.3) is 22.0 Å². The van der Waals surface area contributed by atoms with Crippen molar-refractivity contribution in [3.8, 4) is 11.3 Å². The molecule has 0 aliphatic rings. The second-order valence-electron chi connectivity index (χ2n) is 9.11. The van der Waals surface area contributed by atoms with Gasteiger partial charge >= 0.3 is 12.4 Å². The number of pyridine rings is 2. The molecule has 0 fully saturated rings. The number of anilines is 1. The molecule has 2 atom stereocenters. The van der Waals surface area contributed by atoms with Gasteiger partial charge in [-0.2, -0.15) is 31.4 Å². The maximum Gasteiger partial charge on any atom is 0.423 e. The summed E-state index contributed by atoms with van der Waals surface area (Å²) in [5, 5.41) is 7.19. The molecule has 7 nitrogen and oxygen atoms in total. The first-order valence-corrected chi connectivity index (χ1v) is 11.7. The molecule has 4 aromatic rings. The Balaban J connectivity index is 1.54. The lowest BCUT2D eigenvalue weighted by Crippen LogP contribution is -2.30. The monoisotopic (exact) mass is 591 g/mol. The Morgan fingerprint density at radius 1 is 1.00 bits per heavy atom. The topological polar surface area (TPSA) is 92.7 Å². The number of fused-ring (bicyclic) bond motifs is 1. The van der Waals surface area contributed by atoms with Crippen molar-refractivity contribution in [3.05, 3.63) is 86.3 Å². The molecule has 0 aliphatic heterocycles. The van der Waals surface area contributed by atoms with Gasteiger partial charge in [0, 0.05) is 30.4 Å². The summed E-state index contributed by atoms with van der Waals surface area (Å²) in [7, 11) is 0. The number of alkyl halides is 7. The van der Waals surface area contributed by atoms with Crippen molar-refractivity contribution in [1.82, 2.24) is 19.7 Å². The molecule has 3 aromatic heterocycles. The van der Waals surface area contributed by atoms with Crippen LogP contribution in [-0.2, 0) is 18.9 Å². The van der Waals surface area contributed by atoms with Gasteiger partial charge in [0.1, 0.15) is 29.1 Å². The minimum Gasteiger partial charge on any atom is -0.381 e. The first-order valence-electron chi connectivity index (χ1n) is 11.7. The van der Waals surface area contributed by atoms with Crippen LogP contribution >= 0.6 is 0 Å². The fraction of sp³-hybridized carbons (Fsp3) is 0.280. The summed E-state index contributed by atoms with van der Waals surface area (Å²) < 4.78 is 123. The van der Waals surface area contributed by atoms with Gasteiger partial charge in [0.05, 0.1) is 29.4 Å². The first-order chi connectivity index (χ1) is 19.1. The Morgan fingerprint density at radius 2 is 1.71 bits per heavy atom. The van der Waals surface area contributed by atoms with Gasteiger partial charge in [-0.05, 0) is 36.6 Å². The summed E-state index contributed by atoms with van der Waals surface area (Å²) >= 11 is 0. The van der Waals surface area contributed by atoms with E-state index in [1.54, 1.807) is 5.10 Å². The second-order valence-corrected chi connectivity index (χ2v) is 9.11. The smallest absolute Gasteiger partial charge is 0.381 e. The zero-order valence-corrected chi connectivity index (χ0v) is 20.7. The highest BCUT2D eigenvalue weighted by Crippen LogP contribution is 2.34. The molecule has 0 bridgehead atoms. The normalized spacial score (nSPS) is 13.8. The average molecular weight is 591 g/mol. The predicted molar refractivity (Wildman–Crippen MR) is 129 cm³/mol. The molecule has 0 saturated heterocycles. The molecular weight excluding hydrogens is 573 g/mol. The lowest BCUT2D eigenvalue weighted by atomic mass is 10.0. The van der Waals surface area contributed by atoms with E-state index in [4.69, 9.17) is 0 Å². The molecule has 41 heavy (non-hydrogen) atoms. The van der Waals surface area contributed by atoms with Crippen LogP contribution in [0.5, 0.6) is 0 Å². The third-order valence-electron chi connectivity index (χ3n) is 6.03. The van der Waals surface area contributed by atoms with Crippen LogP contribution in [0.15, 0.2) is 52.4 Å². The Kier molecular flexibility index (Phi) is 7.87. The van der Waals surface area contributed by atoms with Gasteiger partial charge in [-0.1, -0.05) is 0 Å². The number of nitrogens with zero attached hydrogens (tertiary/aromatic N) is 3. The molecule has 16 heteroatoms. The van der Waals surface area contributed by atoms with Crippen molar-refractivity contribution in [2.45, 2.75) is 44.5 Å². The zero-order chi connectivity index (χ0) is 30.3. The molecular formula is C25H18F9N5O2. The van der Waals surface area contributed by atoms with Crippen molar-refractivity contribution in [2.75, 3.05) is 5.32 Å². The van der Waals surface area contributed by atoms with Gasteiger partial charge in [-0.3, -0.25) is 14.6 Å². The Bertz CT molecular complexity index is 1710. The molecule has 218 valence electrons. The summed E-state index contributed by atoms with van der Waals surface area (Å²) in [5.41, 5.74) is -7.12. The van der Waals surface area contributed by atoms with Gasteiger partial charge < -0.3 is 9.88 Å². The van der Waals surface area contributed by atoms with Crippen LogP contribution in [0.3, 0.4) is 0 Å². The lowest BCUT2D eigenvalue weighted by Gasteiger charge is -2.20. The van der Waals surface area contributed by atoms with E-state index in [2.05, 4.69) is 15.4 Å². The number of benzene rings is 1. The summed E-state index contributed by atoms with van der Waals surface area (Å²) in [6.07, 6.45) is -9.84. The first kappa shape index (κ1) is 29.6. The van der Waals surface area contributed by atoms with E-state index in [1.165, 1.54) is 13.0 Å². The SMILES string of the molecule is C[C@@H](C[C@H](F)Cn1ccc2cc(-c3ncc(C(F)(F)F)cc3F)c(F)cc2c1=O)Nc1cn[nH]c(=O)c1C(F)(F)F. The largest absolute Gasteiger partial charge is 0.423 e. The number of aromatic amines is 1. The van der Waals surface area contributed by atoms with Gasteiger partial charge in [-0.25, -0.2) is 18.3 Å². The molecule has 3 heterocycles. The van der Waals surface area contributed by atoms with Crippen LogP contribution in [0, 0.1) is 11.6 Å². The molecule has 0 saturated carbocycles. The van der Waals surface area contributed by atoms with E-state index in [1.807, 2.05) is 0 Å². The van der Waals surface area contributed by atoms with Crippen LogP contribution < -0.4 is 16.4 Å².